The lowest BCUT2D eigenvalue weighted by molar-refractivity contribution is 0.187. The Kier molecular flexibility index (Phi) is 3.93. The number of aromatic nitrogens is 5. The van der Waals surface area contributed by atoms with E-state index in [-0.39, 0.29) is 6.04 Å². The van der Waals surface area contributed by atoms with Crippen molar-refractivity contribution in [2.24, 2.45) is 7.05 Å². The molecule has 0 aromatic carbocycles. The van der Waals surface area contributed by atoms with Gasteiger partial charge in [0.15, 0.2) is 5.82 Å². The molecule has 0 aliphatic heterocycles. The lowest BCUT2D eigenvalue weighted by Crippen LogP contribution is -2.16. The van der Waals surface area contributed by atoms with Crippen molar-refractivity contribution in [1.82, 2.24) is 24.3 Å². The van der Waals surface area contributed by atoms with Gasteiger partial charge >= 0.3 is 0 Å². The van der Waals surface area contributed by atoms with E-state index in [1.807, 2.05) is 29.3 Å². The average molecular weight is 250 g/mol. The van der Waals surface area contributed by atoms with Crippen LogP contribution in [0.25, 0.3) is 0 Å². The Morgan fingerprint density at radius 3 is 3.00 bits per heavy atom. The smallest absolute Gasteiger partial charge is 0.203 e. The molecule has 0 aliphatic rings. The molecule has 1 atom stereocenters. The van der Waals surface area contributed by atoms with E-state index in [1.54, 1.807) is 19.6 Å². The lowest BCUT2D eigenvalue weighted by atomic mass is 10.3. The fourth-order valence-corrected chi connectivity index (χ4v) is 1.76. The van der Waals surface area contributed by atoms with Gasteiger partial charge in [0.2, 0.25) is 5.95 Å². The van der Waals surface area contributed by atoms with Crippen molar-refractivity contribution >= 4 is 5.95 Å². The first-order chi connectivity index (χ1) is 8.72. The van der Waals surface area contributed by atoms with E-state index in [4.69, 9.17) is 4.74 Å². The minimum atomic E-state index is 0.0428. The topological polar surface area (TPSA) is 69.8 Å². The van der Waals surface area contributed by atoms with E-state index in [0.29, 0.717) is 6.61 Å². The molecular weight excluding hydrogens is 232 g/mol. The Morgan fingerprint density at radius 2 is 2.33 bits per heavy atom. The molecule has 2 heterocycles. The van der Waals surface area contributed by atoms with Crippen LogP contribution in [0.4, 0.5) is 5.95 Å². The van der Waals surface area contributed by atoms with Crippen molar-refractivity contribution < 1.29 is 4.74 Å². The summed E-state index contributed by atoms with van der Waals surface area (Å²) in [5.74, 6) is 1.68. The van der Waals surface area contributed by atoms with Crippen molar-refractivity contribution in [3.05, 3.63) is 24.5 Å². The molecule has 18 heavy (non-hydrogen) atoms. The molecule has 2 aromatic heterocycles. The number of rotatable bonds is 6. The van der Waals surface area contributed by atoms with Gasteiger partial charge in [-0.2, -0.15) is 0 Å². The maximum atomic E-state index is 5.06. The number of aryl methyl sites for hydroxylation is 1. The lowest BCUT2D eigenvalue weighted by Gasteiger charge is -2.15. The zero-order chi connectivity index (χ0) is 13.0. The highest BCUT2D eigenvalue weighted by Crippen LogP contribution is 2.15. The van der Waals surface area contributed by atoms with Crippen LogP contribution >= 0.6 is 0 Å². The number of imidazole rings is 1. The van der Waals surface area contributed by atoms with Crippen LogP contribution in [0, 0.1) is 0 Å². The maximum absolute atomic E-state index is 5.06. The van der Waals surface area contributed by atoms with E-state index < -0.39 is 0 Å². The van der Waals surface area contributed by atoms with Crippen LogP contribution < -0.4 is 5.32 Å². The third-order valence-electron chi connectivity index (χ3n) is 2.73. The molecule has 2 aromatic rings. The molecule has 0 saturated carbocycles. The molecule has 1 unspecified atom stereocenters. The fourth-order valence-electron chi connectivity index (χ4n) is 1.76. The van der Waals surface area contributed by atoms with E-state index >= 15 is 0 Å². The Hall–Kier alpha value is -1.89. The highest BCUT2D eigenvalue weighted by Gasteiger charge is 2.13. The summed E-state index contributed by atoms with van der Waals surface area (Å²) in [6.07, 6.45) is 5.37. The van der Waals surface area contributed by atoms with Crippen molar-refractivity contribution in [1.29, 1.82) is 0 Å². The quantitative estimate of drug-likeness (QED) is 0.822. The van der Waals surface area contributed by atoms with Gasteiger partial charge in [-0.1, -0.05) is 0 Å². The molecule has 0 saturated heterocycles. The predicted molar refractivity (Wildman–Crippen MR) is 67.1 cm³/mol. The SMILES string of the molecule is COCCn1ccnc1NC(C)c1nncn1C. The predicted octanol–water partition coefficient (Wildman–Crippen LogP) is 0.831. The summed E-state index contributed by atoms with van der Waals surface area (Å²) in [5.41, 5.74) is 0. The third-order valence-corrected chi connectivity index (χ3v) is 2.73. The van der Waals surface area contributed by atoms with Gasteiger partial charge in [-0.15, -0.1) is 10.2 Å². The van der Waals surface area contributed by atoms with E-state index in [1.165, 1.54) is 0 Å². The monoisotopic (exact) mass is 250 g/mol. The van der Waals surface area contributed by atoms with Gasteiger partial charge in [-0.3, -0.25) is 0 Å². The van der Waals surface area contributed by atoms with Gasteiger partial charge in [0, 0.05) is 33.1 Å². The highest BCUT2D eigenvalue weighted by atomic mass is 16.5. The number of anilines is 1. The number of methoxy groups -OCH3 is 1. The highest BCUT2D eigenvalue weighted by molar-refractivity contribution is 5.28. The van der Waals surface area contributed by atoms with Crippen LogP contribution in [0.3, 0.4) is 0 Å². The average Bonchev–Trinajstić information content (AvgIpc) is 2.95. The van der Waals surface area contributed by atoms with Gasteiger partial charge in [0.05, 0.1) is 12.6 Å². The van der Waals surface area contributed by atoms with E-state index in [9.17, 15) is 0 Å². The number of hydrogen-bond donors (Lipinski definition) is 1. The molecule has 0 aliphatic carbocycles. The first-order valence-electron chi connectivity index (χ1n) is 5.83. The first-order valence-corrected chi connectivity index (χ1v) is 5.83. The van der Waals surface area contributed by atoms with Gasteiger partial charge in [-0.05, 0) is 6.92 Å². The minimum Gasteiger partial charge on any atom is -0.383 e. The van der Waals surface area contributed by atoms with Crippen LogP contribution in [0.5, 0.6) is 0 Å². The number of nitrogens with zero attached hydrogens (tertiary/aromatic N) is 5. The number of hydrogen-bond acceptors (Lipinski definition) is 5. The molecular formula is C11H18N6O. The summed E-state index contributed by atoms with van der Waals surface area (Å²) in [5, 5.41) is 11.3. The second-order valence-corrected chi connectivity index (χ2v) is 4.10. The van der Waals surface area contributed by atoms with Crippen molar-refractivity contribution in [3.63, 3.8) is 0 Å². The van der Waals surface area contributed by atoms with Crippen LogP contribution in [0.15, 0.2) is 18.7 Å². The molecule has 0 amide bonds. The molecule has 98 valence electrons. The summed E-state index contributed by atoms with van der Waals surface area (Å²) in [6.45, 7) is 3.45. The standard InChI is InChI=1S/C11H18N6O/c1-9(10-15-13-8-16(10)2)14-11-12-4-5-17(11)6-7-18-3/h4-5,8-9H,6-7H2,1-3H3,(H,12,14). The Bertz CT molecular complexity index is 491. The molecule has 7 nitrogen and oxygen atoms in total. The van der Waals surface area contributed by atoms with Crippen LogP contribution in [-0.2, 0) is 18.3 Å². The molecule has 0 bridgehead atoms. The van der Waals surface area contributed by atoms with Crippen molar-refractivity contribution in [3.8, 4) is 0 Å². The second-order valence-electron chi connectivity index (χ2n) is 4.10. The molecule has 2 rings (SSSR count). The first kappa shape index (κ1) is 12.6. The third kappa shape index (κ3) is 2.67. The summed E-state index contributed by atoms with van der Waals surface area (Å²) in [4.78, 5) is 4.29. The summed E-state index contributed by atoms with van der Waals surface area (Å²) < 4.78 is 8.96. The summed E-state index contributed by atoms with van der Waals surface area (Å²) in [6, 6.07) is 0.0428. The Morgan fingerprint density at radius 1 is 1.50 bits per heavy atom. The van der Waals surface area contributed by atoms with Crippen molar-refractivity contribution in [2.75, 3.05) is 19.0 Å². The Balaban J connectivity index is 2.05. The fraction of sp³-hybridized carbons (Fsp3) is 0.545. The van der Waals surface area contributed by atoms with Gasteiger partial charge in [0.25, 0.3) is 0 Å². The summed E-state index contributed by atoms with van der Waals surface area (Å²) in [7, 11) is 3.61. The van der Waals surface area contributed by atoms with Crippen LogP contribution in [0.2, 0.25) is 0 Å². The minimum absolute atomic E-state index is 0.0428. The molecule has 7 heteroatoms. The molecule has 0 fully saturated rings. The van der Waals surface area contributed by atoms with E-state index in [2.05, 4.69) is 20.5 Å². The second kappa shape index (κ2) is 5.63. The zero-order valence-electron chi connectivity index (χ0n) is 10.9. The molecule has 1 N–H and O–H groups in total. The van der Waals surface area contributed by atoms with Crippen LogP contribution in [0.1, 0.15) is 18.8 Å². The van der Waals surface area contributed by atoms with Gasteiger partial charge < -0.3 is 19.2 Å². The van der Waals surface area contributed by atoms with Gasteiger partial charge in [-0.25, -0.2) is 4.98 Å². The number of nitrogens with one attached hydrogen (secondary N) is 1. The largest absolute Gasteiger partial charge is 0.383 e. The molecule has 0 radical (unpaired) electrons. The number of ether oxygens (including phenoxy) is 1. The normalized spacial score (nSPS) is 12.6. The van der Waals surface area contributed by atoms with E-state index in [0.717, 1.165) is 18.3 Å². The Labute approximate surface area is 106 Å². The van der Waals surface area contributed by atoms with Crippen molar-refractivity contribution in [2.45, 2.75) is 19.5 Å². The zero-order valence-corrected chi connectivity index (χ0v) is 10.9. The van der Waals surface area contributed by atoms with Gasteiger partial charge in [0.1, 0.15) is 6.33 Å². The van der Waals surface area contributed by atoms with Crippen LogP contribution in [-0.4, -0.2) is 38.0 Å². The summed E-state index contributed by atoms with van der Waals surface area (Å²) >= 11 is 0. The maximum Gasteiger partial charge on any atom is 0.203 e. The molecule has 0 spiro atoms.